The molecular formula is C79H126F16O16. The third-order valence-corrected chi connectivity index (χ3v) is 21.7. The van der Waals surface area contributed by atoms with Crippen LogP contribution in [0.4, 0.5) is 70.2 Å². The van der Waals surface area contributed by atoms with Crippen LogP contribution in [0, 0.1) is 64.1 Å². The SMILES string of the molecule is CC(C)C(=O)OC(COCCC1CCOCC1)C(F)(F)CC(C)(F)F.CC(F)(F)CC(F)(F)C(COCCC1CCOCC1)OC(=O)C(C)(C)C.CC(F)(F)CC(F)(F)C(COCCC1CCOCC1)OC(=O)C12CC3CC(CC(C3)C1)C2.CC(F)(F)CC(F)(F)C(COCCC1CCOCC1)OC(=O)C1CCCCC1. The first-order valence-corrected chi connectivity index (χ1v) is 40.0. The summed E-state index contributed by atoms with van der Waals surface area (Å²) in [5.41, 5.74) is -1.74. The highest BCUT2D eigenvalue weighted by molar-refractivity contribution is 5.78. The van der Waals surface area contributed by atoms with Crippen LogP contribution in [0.2, 0.25) is 0 Å². The van der Waals surface area contributed by atoms with Crippen LogP contribution in [-0.2, 0) is 76.0 Å². The van der Waals surface area contributed by atoms with E-state index in [4.69, 9.17) is 56.8 Å². The second-order valence-corrected chi connectivity index (χ2v) is 34.3. The summed E-state index contributed by atoms with van der Waals surface area (Å²) in [6, 6.07) is 0. The summed E-state index contributed by atoms with van der Waals surface area (Å²) >= 11 is 0. The minimum atomic E-state index is -3.89. The Labute approximate surface area is 645 Å². The Hall–Kier alpha value is -3.56. The van der Waals surface area contributed by atoms with Crippen molar-refractivity contribution in [2.24, 2.45) is 64.1 Å². The zero-order valence-corrected chi connectivity index (χ0v) is 66.5. The first-order valence-electron chi connectivity index (χ1n) is 40.0. The van der Waals surface area contributed by atoms with Crippen molar-refractivity contribution in [3.8, 4) is 0 Å². The maximum Gasteiger partial charge on any atom is 0.312 e. The van der Waals surface area contributed by atoms with Crippen molar-refractivity contribution in [3.63, 3.8) is 0 Å². The van der Waals surface area contributed by atoms with E-state index < -0.39 is 170 Å². The largest absolute Gasteiger partial charge is 0.453 e. The lowest BCUT2D eigenvalue weighted by atomic mass is 9.49. The monoisotopic (exact) mass is 1630 g/mol. The molecule has 4 atom stereocenters. The molecule has 9 aliphatic rings. The van der Waals surface area contributed by atoms with Gasteiger partial charge in [-0.2, -0.15) is 0 Å². The molecule has 0 aromatic carbocycles. The van der Waals surface area contributed by atoms with Gasteiger partial charge in [0.15, 0.2) is 24.4 Å². The second-order valence-electron chi connectivity index (χ2n) is 34.3. The van der Waals surface area contributed by atoms with Crippen molar-refractivity contribution >= 4 is 23.9 Å². The predicted molar refractivity (Wildman–Crippen MR) is 378 cm³/mol. The van der Waals surface area contributed by atoms with Gasteiger partial charge >= 0.3 is 23.9 Å². The van der Waals surface area contributed by atoms with E-state index >= 15 is 0 Å². The molecule has 111 heavy (non-hydrogen) atoms. The average Bonchev–Trinajstić information content (AvgIpc) is 0.738. The fourth-order valence-corrected chi connectivity index (χ4v) is 15.8. The third-order valence-electron chi connectivity index (χ3n) is 21.7. The number of hydrogen-bond donors (Lipinski definition) is 0. The van der Waals surface area contributed by atoms with Crippen molar-refractivity contribution in [3.05, 3.63) is 0 Å². The molecule has 4 saturated heterocycles. The van der Waals surface area contributed by atoms with Crippen LogP contribution in [0.3, 0.4) is 0 Å². The van der Waals surface area contributed by atoms with E-state index in [1.807, 2.05) is 0 Å². The average molecular weight is 1640 g/mol. The van der Waals surface area contributed by atoms with Crippen LogP contribution in [0.25, 0.3) is 0 Å². The number of ether oxygens (including phenoxy) is 12. The molecule has 0 aromatic rings. The lowest BCUT2D eigenvalue weighted by molar-refractivity contribution is -0.215. The van der Waals surface area contributed by atoms with Gasteiger partial charge in [-0.05, 0) is 218 Å². The molecule has 0 spiro atoms. The number of carbonyl (C=O) groups is 4. The summed E-state index contributed by atoms with van der Waals surface area (Å²) in [5.74, 6) is -31.0. The highest BCUT2D eigenvalue weighted by atomic mass is 19.3. The molecule has 650 valence electrons. The van der Waals surface area contributed by atoms with Gasteiger partial charge in [0, 0.05) is 79.3 Å². The van der Waals surface area contributed by atoms with Crippen molar-refractivity contribution < 1.29 is 146 Å². The second kappa shape index (κ2) is 44.8. The molecular weight excluding hydrogens is 1510 g/mol. The van der Waals surface area contributed by atoms with Crippen LogP contribution in [0.1, 0.15) is 236 Å². The first kappa shape index (κ1) is 98.0. The number of hydrogen-bond acceptors (Lipinski definition) is 16. The molecule has 4 heterocycles. The highest BCUT2D eigenvalue weighted by Gasteiger charge is 2.59. The van der Waals surface area contributed by atoms with Gasteiger partial charge in [-0.15, -0.1) is 0 Å². The summed E-state index contributed by atoms with van der Waals surface area (Å²) in [6.45, 7) is 13.1. The Balaban J connectivity index is 0.000000266. The van der Waals surface area contributed by atoms with E-state index in [0.29, 0.717) is 180 Å². The van der Waals surface area contributed by atoms with Crippen LogP contribution in [-0.4, -0.2) is 201 Å². The van der Waals surface area contributed by atoms with Crippen molar-refractivity contribution in [1.82, 2.24) is 0 Å². The van der Waals surface area contributed by atoms with Crippen LogP contribution in [0.5, 0.6) is 0 Å². The standard InChI is InChI=1S/C24H36F4O4.C20H32F4O4.C18H30F4O4.C17H28F4O4/c1-22(25,26)15-24(27,28)20(14-31-7-4-16-2-5-30-6-3-16)32-21(29)23-11-17-8-18(12-23)10-19(9-17)13-23;1-19(21,22)14-20(23,24)17(28-18(25)16-5-3-2-4-6-16)13-27-12-9-15-7-10-26-11-8-15;1-16(2,3)15(23)26-14(18(21,22)12-17(4,19)20)11-25-10-7-13-5-8-24-9-6-13;1-12(2)15(22)25-14(17(20,21)11-16(3,18)19)10-24-9-6-13-4-7-23-8-5-13/h16-20H,2-15H2,1H3;15-17H,2-14H2,1H3;13-14H,5-12H2,1-4H3;12-14H,4-11H2,1-3H3. The molecule has 0 N–H and O–H groups in total. The van der Waals surface area contributed by atoms with E-state index in [-0.39, 0.29) is 26.4 Å². The summed E-state index contributed by atoms with van der Waals surface area (Å²) in [4.78, 5) is 49.1. The molecule has 0 amide bonds. The van der Waals surface area contributed by atoms with Gasteiger partial charge in [0.05, 0.1) is 74.8 Å². The Morgan fingerprint density at radius 1 is 0.369 bits per heavy atom. The van der Waals surface area contributed by atoms with E-state index in [9.17, 15) is 89.4 Å². The lowest BCUT2D eigenvalue weighted by Gasteiger charge is -2.55. The van der Waals surface area contributed by atoms with Crippen LogP contribution in [0.15, 0.2) is 0 Å². The molecule has 5 aliphatic carbocycles. The maximum atomic E-state index is 14.8. The van der Waals surface area contributed by atoms with Gasteiger partial charge in [0.1, 0.15) is 0 Å². The molecule has 4 bridgehead atoms. The molecule has 0 radical (unpaired) electrons. The highest BCUT2D eigenvalue weighted by Crippen LogP contribution is 2.61. The number of halogens is 16. The molecule has 16 nitrogen and oxygen atoms in total. The predicted octanol–water partition coefficient (Wildman–Crippen LogP) is 19.1. The Kier molecular flexibility index (Phi) is 39.6. The van der Waals surface area contributed by atoms with Gasteiger partial charge in [0.25, 0.3) is 47.4 Å². The molecule has 5 saturated carbocycles. The van der Waals surface area contributed by atoms with Gasteiger partial charge in [-0.25, -0.2) is 70.2 Å². The van der Waals surface area contributed by atoms with Crippen LogP contribution < -0.4 is 0 Å². The third kappa shape index (κ3) is 37.7. The van der Waals surface area contributed by atoms with Crippen molar-refractivity contribution in [1.29, 1.82) is 0 Å². The molecule has 4 unspecified atom stereocenters. The number of esters is 4. The van der Waals surface area contributed by atoms with Gasteiger partial charge in [-0.3, -0.25) is 19.2 Å². The summed E-state index contributed by atoms with van der Waals surface area (Å²) < 4.78 is 283. The molecule has 4 aliphatic heterocycles. The zero-order valence-electron chi connectivity index (χ0n) is 66.5. The van der Waals surface area contributed by atoms with E-state index in [2.05, 4.69) is 0 Å². The number of rotatable bonds is 39. The number of alkyl halides is 16. The van der Waals surface area contributed by atoms with E-state index in [1.54, 1.807) is 0 Å². The first-order chi connectivity index (χ1) is 51.5. The fraction of sp³-hybridized carbons (Fsp3) is 0.949. The lowest BCUT2D eigenvalue weighted by Crippen LogP contribution is -2.53. The van der Waals surface area contributed by atoms with Crippen molar-refractivity contribution in [2.45, 2.75) is 307 Å². The minimum absolute atomic E-state index is 0.201. The normalized spacial score (nSPS) is 23.7. The van der Waals surface area contributed by atoms with E-state index in [0.717, 1.165) is 89.9 Å². The smallest absolute Gasteiger partial charge is 0.312 e. The van der Waals surface area contributed by atoms with E-state index in [1.165, 1.54) is 34.6 Å². The van der Waals surface area contributed by atoms with Crippen LogP contribution >= 0.6 is 0 Å². The Morgan fingerprint density at radius 3 is 0.910 bits per heavy atom. The molecule has 9 fully saturated rings. The Bertz CT molecular complexity index is 2640. The summed E-state index contributed by atoms with van der Waals surface area (Å²) in [5, 5.41) is 0. The topological polar surface area (TPSA) is 179 Å². The molecule has 9 rings (SSSR count). The van der Waals surface area contributed by atoms with Gasteiger partial charge < -0.3 is 56.8 Å². The Morgan fingerprint density at radius 2 is 0.640 bits per heavy atom. The fourth-order valence-electron chi connectivity index (χ4n) is 15.8. The molecule has 0 aromatic heterocycles. The molecule has 32 heteroatoms. The maximum absolute atomic E-state index is 14.8. The van der Waals surface area contributed by atoms with Crippen molar-refractivity contribution in [2.75, 3.05) is 106 Å². The zero-order chi connectivity index (χ0) is 82.7. The minimum Gasteiger partial charge on any atom is -0.453 e. The number of carbonyl (C=O) groups excluding carboxylic acids is 4. The van der Waals surface area contributed by atoms with Gasteiger partial charge in [-0.1, -0.05) is 33.1 Å². The summed E-state index contributed by atoms with van der Waals surface area (Å²) in [7, 11) is 0. The summed E-state index contributed by atoms with van der Waals surface area (Å²) in [6.07, 6.45) is 4.18. The quantitative estimate of drug-likeness (QED) is 0.0245. The van der Waals surface area contributed by atoms with Gasteiger partial charge in [0.2, 0.25) is 0 Å².